The van der Waals surface area contributed by atoms with E-state index < -0.39 is 0 Å². The van der Waals surface area contributed by atoms with Gasteiger partial charge in [0.1, 0.15) is 0 Å². The zero-order valence-electron chi connectivity index (χ0n) is 8.57. The molecule has 0 N–H and O–H groups in total. The molecule has 15 heavy (non-hydrogen) atoms. The van der Waals surface area contributed by atoms with E-state index in [4.69, 9.17) is 16.3 Å². The number of hydrogen-bond donors (Lipinski definition) is 0. The average molecular weight is 225 g/mol. The van der Waals surface area contributed by atoms with Gasteiger partial charge in [0.2, 0.25) is 0 Å². The molecule has 80 valence electrons. The van der Waals surface area contributed by atoms with Gasteiger partial charge in [0.15, 0.2) is 0 Å². The van der Waals surface area contributed by atoms with Crippen molar-refractivity contribution >= 4 is 17.6 Å². The van der Waals surface area contributed by atoms with Crippen LogP contribution in [0, 0.1) is 0 Å². The molecule has 0 unspecified atom stereocenters. The molecule has 0 saturated heterocycles. The van der Waals surface area contributed by atoms with Crippen molar-refractivity contribution < 1.29 is 9.53 Å². The van der Waals surface area contributed by atoms with Gasteiger partial charge in [0, 0.05) is 11.3 Å². The second-order valence-corrected chi connectivity index (χ2v) is 4.26. The van der Waals surface area contributed by atoms with Crippen LogP contribution in [0.3, 0.4) is 0 Å². The number of halogens is 1. The SMILES string of the molecule is CCOC(=O)c1ccc([C@@H]2C[C@H]2Cl)cc1. The highest BCUT2D eigenvalue weighted by molar-refractivity contribution is 6.23. The quantitative estimate of drug-likeness (QED) is 0.583. The minimum atomic E-state index is -0.262. The Bertz CT molecular complexity index is 358. The lowest BCUT2D eigenvalue weighted by Crippen LogP contribution is -2.04. The number of hydrogen-bond acceptors (Lipinski definition) is 2. The molecule has 0 amide bonds. The van der Waals surface area contributed by atoms with Crippen molar-refractivity contribution in [3.8, 4) is 0 Å². The third-order valence-corrected chi connectivity index (χ3v) is 3.04. The summed E-state index contributed by atoms with van der Waals surface area (Å²) in [6.45, 7) is 2.21. The normalized spacial score (nSPS) is 23.6. The van der Waals surface area contributed by atoms with Gasteiger partial charge in [-0.2, -0.15) is 0 Å². The first kappa shape index (κ1) is 10.5. The Morgan fingerprint density at radius 3 is 2.53 bits per heavy atom. The maximum atomic E-state index is 11.4. The molecule has 1 aromatic rings. The Morgan fingerprint density at radius 2 is 2.07 bits per heavy atom. The fraction of sp³-hybridized carbons (Fsp3) is 0.417. The van der Waals surface area contributed by atoms with Crippen molar-refractivity contribution in [2.45, 2.75) is 24.6 Å². The molecule has 1 saturated carbocycles. The summed E-state index contributed by atoms with van der Waals surface area (Å²) >= 11 is 5.95. The van der Waals surface area contributed by atoms with Gasteiger partial charge in [-0.25, -0.2) is 4.79 Å². The number of benzene rings is 1. The van der Waals surface area contributed by atoms with Gasteiger partial charge in [-0.05, 0) is 31.0 Å². The van der Waals surface area contributed by atoms with Gasteiger partial charge in [-0.1, -0.05) is 12.1 Å². The lowest BCUT2D eigenvalue weighted by Gasteiger charge is -2.02. The van der Waals surface area contributed by atoms with Crippen LogP contribution in [0.5, 0.6) is 0 Å². The topological polar surface area (TPSA) is 26.3 Å². The molecule has 1 aromatic carbocycles. The molecule has 1 aliphatic carbocycles. The van der Waals surface area contributed by atoms with Crippen molar-refractivity contribution in [3.05, 3.63) is 35.4 Å². The summed E-state index contributed by atoms with van der Waals surface area (Å²) in [7, 11) is 0. The molecule has 2 atom stereocenters. The molecule has 2 rings (SSSR count). The lowest BCUT2D eigenvalue weighted by atomic mass is 10.1. The predicted molar refractivity (Wildman–Crippen MR) is 59.4 cm³/mol. The number of rotatable bonds is 3. The lowest BCUT2D eigenvalue weighted by molar-refractivity contribution is 0.0526. The van der Waals surface area contributed by atoms with E-state index in [2.05, 4.69) is 0 Å². The van der Waals surface area contributed by atoms with E-state index in [9.17, 15) is 4.79 Å². The largest absolute Gasteiger partial charge is 0.462 e. The smallest absolute Gasteiger partial charge is 0.338 e. The highest BCUT2D eigenvalue weighted by Crippen LogP contribution is 2.45. The summed E-state index contributed by atoms with van der Waals surface area (Å²) in [5.41, 5.74) is 1.82. The van der Waals surface area contributed by atoms with Gasteiger partial charge in [-0.3, -0.25) is 0 Å². The first-order chi connectivity index (χ1) is 7.22. The number of esters is 1. The Labute approximate surface area is 94.2 Å². The maximum Gasteiger partial charge on any atom is 0.338 e. The van der Waals surface area contributed by atoms with Gasteiger partial charge >= 0.3 is 5.97 Å². The molecular formula is C12H13ClO2. The third-order valence-electron chi connectivity index (χ3n) is 2.56. The molecule has 0 aromatic heterocycles. The molecule has 3 heteroatoms. The van der Waals surface area contributed by atoms with Gasteiger partial charge in [0.05, 0.1) is 12.2 Å². The fourth-order valence-electron chi connectivity index (χ4n) is 1.59. The molecule has 0 radical (unpaired) electrons. The monoisotopic (exact) mass is 224 g/mol. The van der Waals surface area contributed by atoms with E-state index in [0.29, 0.717) is 18.1 Å². The molecule has 1 aliphatic rings. The summed E-state index contributed by atoms with van der Waals surface area (Å²) in [6.07, 6.45) is 1.04. The molecule has 0 bridgehead atoms. The van der Waals surface area contributed by atoms with Crippen LogP contribution in [0.4, 0.5) is 0 Å². The van der Waals surface area contributed by atoms with Crippen LogP contribution >= 0.6 is 11.6 Å². The molecule has 0 aliphatic heterocycles. The van der Waals surface area contributed by atoms with E-state index in [0.717, 1.165) is 6.42 Å². The van der Waals surface area contributed by atoms with E-state index in [1.54, 1.807) is 19.1 Å². The van der Waals surface area contributed by atoms with Crippen molar-refractivity contribution in [2.24, 2.45) is 0 Å². The minimum Gasteiger partial charge on any atom is -0.462 e. The number of alkyl halides is 1. The Balaban J connectivity index is 2.07. The number of carbonyl (C=O) groups is 1. The maximum absolute atomic E-state index is 11.4. The third kappa shape index (κ3) is 2.32. The molecular weight excluding hydrogens is 212 g/mol. The fourth-order valence-corrected chi connectivity index (χ4v) is 1.93. The first-order valence-electron chi connectivity index (χ1n) is 5.13. The zero-order valence-corrected chi connectivity index (χ0v) is 9.33. The van der Waals surface area contributed by atoms with Crippen molar-refractivity contribution in [2.75, 3.05) is 6.61 Å². The van der Waals surface area contributed by atoms with E-state index >= 15 is 0 Å². The van der Waals surface area contributed by atoms with Crippen molar-refractivity contribution in [1.82, 2.24) is 0 Å². The van der Waals surface area contributed by atoms with Crippen LogP contribution in [0.1, 0.15) is 35.2 Å². The standard InChI is InChI=1S/C12H13ClO2/c1-2-15-12(14)9-5-3-8(4-6-9)10-7-11(10)13/h3-6,10-11H,2,7H2,1H3/t10-,11+/m0/s1. The highest BCUT2D eigenvalue weighted by atomic mass is 35.5. The van der Waals surface area contributed by atoms with E-state index in [-0.39, 0.29) is 11.3 Å². The molecule has 0 spiro atoms. The van der Waals surface area contributed by atoms with Gasteiger partial charge in [-0.15, -0.1) is 11.6 Å². The van der Waals surface area contributed by atoms with Crippen LogP contribution in [-0.4, -0.2) is 18.0 Å². The van der Waals surface area contributed by atoms with Crippen LogP contribution in [-0.2, 0) is 4.74 Å². The van der Waals surface area contributed by atoms with Gasteiger partial charge < -0.3 is 4.74 Å². The van der Waals surface area contributed by atoms with Gasteiger partial charge in [0.25, 0.3) is 0 Å². The molecule has 1 fully saturated rings. The van der Waals surface area contributed by atoms with Crippen LogP contribution in [0.25, 0.3) is 0 Å². The summed E-state index contributed by atoms with van der Waals surface area (Å²) in [4.78, 5) is 11.4. The van der Waals surface area contributed by atoms with E-state index in [1.807, 2.05) is 12.1 Å². The first-order valence-corrected chi connectivity index (χ1v) is 5.57. The summed E-state index contributed by atoms with van der Waals surface area (Å²) < 4.78 is 4.90. The van der Waals surface area contributed by atoms with Crippen molar-refractivity contribution in [1.29, 1.82) is 0 Å². The van der Waals surface area contributed by atoms with E-state index in [1.165, 1.54) is 5.56 Å². The molecule has 2 nitrogen and oxygen atoms in total. The molecule has 0 heterocycles. The van der Waals surface area contributed by atoms with Crippen LogP contribution in [0.2, 0.25) is 0 Å². The second-order valence-electron chi connectivity index (χ2n) is 3.70. The average Bonchev–Trinajstić information content (AvgIpc) is 2.96. The number of carbonyl (C=O) groups excluding carboxylic acids is 1. The minimum absolute atomic E-state index is 0.262. The zero-order chi connectivity index (χ0) is 10.8. The highest BCUT2D eigenvalue weighted by Gasteiger charge is 2.36. The second kappa shape index (κ2) is 4.23. The van der Waals surface area contributed by atoms with Crippen LogP contribution in [0.15, 0.2) is 24.3 Å². The summed E-state index contributed by atoms with van der Waals surface area (Å²) in [5.74, 6) is 0.213. The Hall–Kier alpha value is -1.02. The number of ether oxygens (including phenoxy) is 1. The predicted octanol–water partition coefficient (Wildman–Crippen LogP) is 2.96. The Morgan fingerprint density at radius 1 is 1.47 bits per heavy atom. The summed E-state index contributed by atoms with van der Waals surface area (Å²) in [6, 6.07) is 7.52. The van der Waals surface area contributed by atoms with Crippen LogP contribution < -0.4 is 0 Å². The van der Waals surface area contributed by atoms with Crippen molar-refractivity contribution in [3.63, 3.8) is 0 Å². The Kier molecular flexibility index (Phi) is 2.96. The summed E-state index contributed by atoms with van der Waals surface area (Å²) in [5, 5.41) is 0.276.